The SMILES string of the molecule is CC(=O)N1CCN(CCCOc2ccc(N)cc2)CC1. The topological polar surface area (TPSA) is 58.8 Å². The van der Waals surface area contributed by atoms with Crippen molar-refractivity contribution in [3.8, 4) is 5.75 Å². The number of anilines is 1. The molecule has 1 amide bonds. The summed E-state index contributed by atoms with van der Waals surface area (Å²) < 4.78 is 5.66. The number of ether oxygens (including phenoxy) is 1. The van der Waals surface area contributed by atoms with Gasteiger partial charge in [0.05, 0.1) is 6.61 Å². The van der Waals surface area contributed by atoms with Crippen LogP contribution in [0, 0.1) is 0 Å². The van der Waals surface area contributed by atoms with Crippen LogP contribution in [0.2, 0.25) is 0 Å². The van der Waals surface area contributed by atoms with Crippen LogP contribution >= 0.6 is 0 Å². The highest BCUT2D eigenvalue weighted by Gasteiger charge is 2.17. The number of nitrogens with two attached hydrogens (primary N) is 1. The Labute approximate surface area is 120 Å². The lowest BCUT2D eigenvalue weighted by Crippen LogP contribution is -2.48. The Kier molecular flexibility index (Phi) is 5.24. The number of nitrogens with zero attached hydrogens (tertiary/aromatic N) is 2. The highest BCUT2D eigenvalue weighted by Crippen LogP contribution is 2.13. The van der Waals surface area contributed by atoms with E-state index in [4.69, 9.17) is 10.5 Å². The first kappa shape index (κ1) is 14.7. The van der Waals surface area contributed by atoms with Gasteiger partial charge in [0.2, 0.25) is 5.91 Å². The zero-order valence-electron chi connectivity index (χ0n) is 12.0. The molecule has 0 saturated carbocycles. The second-order valence-electron chi connectivity index (χ2n) is 5.12. The van der Waals surface area contributed by atoms with Gasteiger partial charge in [-0.3, -0.25) is 9.69 Å². The number of hydrogen-bond donors (Lipinski definition) is 1. The van der Waals surface area contributed by atoms with Crippen LogP contribution in [0.4, 0.5) is 5.69 Å². The Bertz CT molecular complexity index is 425. The van der Waals surface area contributed by atoms with E-state index in [0.29, 0.717) is 6.61 Å². The summed E-state index contributed by atoms with van der Waals surface area (Å²) in [6.07, 6.45) is 0.991. The summed E-state index contributed by atoms with van der Waals surface area (Å²) in [6, 6.07) is 7.47. The molecule has 1 fully saturated rings. The van der Waals surface area contributed by atoms with E-state index in [-0.39, 0.29) is 5.91 Å². The zero-order chi connectivity index (χ0) is 14.4. The lowest BCUT2D eigenvalue weighted by atomic mass is 10.3. The molecule has 110 valence electrons. The molecule has 1 saturated heterocycles. The van der Waals surface area contributed by atoms with E-state index in [9.17, 15) is 4.79 Å². The second kappa shape index (κ2) is 7.14. The van der Waals surface area contributed by atoms with Crippen LogP contribution in [0.25, 0.3) is 0 Å². The molecule has 1 heterocycles. The van der Waals surface area contributed by atoms with Crippen molar-refractivity contribution in [3.05, 3.63) is 24.3 Å². The zero-order valence-corrected chi connectivity index (χ0v) is 12.0. The molecule has 20 heavy (non-hydrogen) atoms. The lowest BCUT2D eigenvalue weighted by molar-refractivity contribution is -0.130. The molecule has 0 atom stereocenters. The Morgan fingerprint density at radius 2 is 1.85 bits per heavy atom. The van der Waals surface area contributed by atoms with E-state index in [0.717, 1.165) is 50.6 Å². The molecule has 1 aliphatic rings. The van der Waals surface area contributed by atoms with Crippen LogP contribution in [0.1, 0.15) is 13.3 Å². The Morgan fingerprint density at radius 3 is 2.45 bits per heavy atom. The summed E-state index contributed by atoms with van der Waals surface area (Å²) in [4.78, 5) is 15.5. The molecule has 0 aromatic heterocycles. The molecule has 0 aliphatic carbocycles. The van der Waals surface area contributed by atoms with Crippen molar-refractivity contribution in [2.75, 3.05) is 45.1 Å². The van der Waals surface area contributed by atoms with Crippen molar-refractivity contribution < 1.29 is 9.53 Å². The standard InChI is InChI=1S/C15H23N3O2/c1-13(19)18-10-8-17(9-11-18)7-2-12-20-15-5-3-14(16)4-6-15/h3-6H,2,7-12,16H2,1H3. The van der Waals surface area contributed by atoms with Crippen molar-refractivity contribution >= 4 is 11.6 Å². The van der Waals surface area contributed by atoms with Gasteiger partial charge < -0.3 is 15.4 Å². The maximum atomic E-state index is 11.2. The molecular formula is C15H23N3O2. The number of carbonyl (C=O) groups excluding carboxylic acids is 1. The summed E-state index contributed by atoms with van der Waals surface area (Å²) in [5.74, 6) is 1.04. The average molecular weight is 277 g/mol. The van der Waals surface area contributed by atoms with Crippen LogP contribution in [0.5, 0.6) is 5.75 Å². The Morgan fingerprint density at radius 1 is 1.20 bits per heavy atom. The molecule has 0 spiro atoms. The third kappa shape index (κ3) is 4.42. The van der Waals surface area contributed by atoms with Crippen LogP contribution in [0.15, 0.2) is 24.3 Å². The Hall–Kier alpha value is -1.75. The molecule has 2 rings (SSSR count). The summed E-state index contributed by atoms with van der Waals surface area (Å²) in [5, 5.41) is 0. The van der Waals surface area contributed by atoms with E-state index in [2.05, 4.69) is 4.90 Å². The smallest absolute Gasteiger partial charge is 0.219 e. The minimum Gasteiger partial charge on any atom is -0.494 e. The van der Waals surface area contributed by atoms with Gasteiger partial charge in [0, 0.05) is 45.3 Å². The first-order valence-corrected chi connectivity index (χ1v) is 7.11. The van der Waals surface area contributed by atoms with Crippen molar-refractivity contribution in [2.24, 2.45) is 0 Å². The number of carbonyl (C=O) groups is 1. The van der Waals surface area contributed by atoms with Crippen molar-refractivity contribution in [1.29, 1.82) is 0 Å². The molecule has 0 radical (unpaired) electrons. The van der Waals surface area contributed by atoms with Gasteiger partial charge in [-0.1, -0.05) is 0 Å². The van der Waals surface area contributed by atoms with Crippen molar-refractivity contribution in [2.45, 2.75) is 13.3 Å². The van der Waals surface area contributed by atoms with Crippen molar-refractivity contribution in [1.82, 2.24) is 9.80 Å². The number of hydrogen-bond acceptors (Lipinski definition) is 4. The number of amides is 1. The van der Waals surface area contributed by atoms with E-state index in [1.54, 1.807) is 6.92 Å². The van der Waals surface area contributed by atoms with Crippen LogP contribution in [-0.4, -0.2) is 55.0 Å². The molecule has 2 N–H and O–H groups in total. The van der Waals surface area contributed by atoms with Crippen LogP contribution in [0.3, 0.4) is 0 Å². The van der Waals surface area contributed by atoms with Gasteiger partial charge in [0.15, 0.2) is 0 Å². The normalized spacial score (nSPS) is 16.1. The van der Waals surface area contributed by atoms with Crippen LogP contribution in [-0.2, 0) is 4.79 Å². The lowest BCUT2D eigenvalue weighted by Gasteiger charge is -2.34. The number of piperazine rings is 1. The average Bonchev–Trinajstić information content (AvgIpc) is 2.46. The van der Waals surface area contributed by atoms with E-state index in [1.165, 1.54) is 0 Å². The molecule has 1 aromatic carbocycles. The maximum absolute atomic E-state index is 11.2. The Balaban J connectivity index is 1.60. The second-order valence-corrected chi connectivity index (χ2v) is 5.12. The number of rotatable bonds is 5. The summed E-state index contributed by atoms with van der Waals surface area (Å²) >= 11 is 0. The van der Waals surface area contributed by atoms with Gasteiger partial charge in [-0.15, -0.1) is 0 Å². The first-order chi connectivity index (χ1) is 9.65. The molecule has 5 nitrogen and oxygen atoms in total. The fourth-order valence-corrected chi connectivity index (χ4v) is 2.33. The molecule has 5 heteroatoms. The largest absolute Gasteiger partial charge is 0.494 e. The fourth-order valence-electron chi connectivity index (χ4n) is 2.33. The number of benzene rings is 1. The minimum absolute atomic E-state index is 0.177. The van der Waals surface area contributed by atoms with Crippen molar-refractivity contribution in [3.63, 3.8) is 0 Å². The van der Waals surface area contributed by atoms with Gasteiger partial charge in [-0.2, -0.15) is 0 Å². The minimum atomic E-state index is 0.177. The third-order valence-corrected chi connectivity index (χ3v) is 3.59. The summed E-state index contributed by atoms with van der Waals surface area (Å²) in [5.41, 5.74) is 6.37. The first-order valence-electron chi connectivity index (χ1n) is 7.11. The van der Waals surface area contributed by atoms with Gasteiger partial charge in [0.25, 0.3) is 0 Å². The quantitative estimate of drug-likeness (QED) is 0.649. The molecule has 1 aromatic rings. The molecule has 1 aliphatic heterocycles. The van der Waals surface area contributed by atoms with Gasteiger partial charge in [-0.05, 0) is 30.7 Å². The predicted octanol–water partition coefficient (Wildman–Crippen LogP) is 1.20. The monoisotopic (exact) mass is 277 g/mol. The molecule has 0 bridgehead atoms. The highest BCUT2D eigenvalue weighted by atomic mass is 16.5. The van der Waals surface area contributed by atoms with Gasteiger partial charge in [0.1, 0.15) is 5.75 Å². The van der Waals surface area contributed by atoms with E-state index < -0.39 is 0 Å². The van der Waals surface area contributed by atoms with Crippen LogP contribution < -0.4 is 10.5 Å². The van der Waals surface area contributed by atoms with Gasteiger partial charge in [-0.25, -0.2) is 0 Å². The summed E-state index contributed by atoms with van der Waals surface area (Å²) in [7, 11) is 0. The van der Waals surface area contributed by atoms with E-state index >= 15 is 0 Å². The maximum Gasteiger partial charge on any atom is 0.219 e. The fraction of sp³-hybridized carbons (Fsp3) is 0.533. The number of nitrogen functional groups attached to an aromatic ring is 1. The van der Waals surface area contributed by atoms with E-state index in [1.807, 2.05) is 29.2 Å². The molecule has 0 unspecified atom stereocenters. The third-order valence-electron chi connectivity index (χ3n) is 3.59. The van der Waals surface area contributed by atoms with Gasteiger partial charge >= 0.3 is 0 Å². The molecular weight excluding hydrogens is 254 g/mol. The highest BCUT2D eigenvalue weighted by molar-refractivity contribution is 5.73. The summed E-state index contributed by atoms with van der Waals surface area (Å²) in [6.45, 7) is 6.96. The predicted molar refractivity (Wildman–Crippen MR) is 79.7 cm³/mol.